The maximum atomic E-state index is 12.3. The number of ketones is 1. The number of aryl methyl sites for hydroxylation is 1. The van der Waals surface area contributed by atoms with Crippen molar-refractivity contribution in [2.45, 2.75) is 47.0 Å². The van der Waals surface area contributed by atoms with Crippen molar-refractivity contribution in [3.05, 3.63) is 34.9 Å². The van der Waals surface area contributed by atoms with Crippen molar-refractivity contribution in [3.8, 4) is 0 Å². The van der Waals surface area contributed by atoms with Gasteiger partial charge >= 0.3 is 0 Å². The van der Waals surface area contributed by atoms with Crippen LogP contribution >= 0.6 is 0 Å². The van der Waals surface area contributed by atoms with Crippen molar-refractivity contribution in [2.75, 3.05) is 13.1 Å². The van der Waals surface area contributed by atoms with Gasteiger partial charge in [-0.3, -0.25) is 4.79 Å². The molecule has 0 atom stereocenters. The smallest absolute Gasteiger partial charge is 0.176 e. The van der Waals surface area contributed by atoms with E-state index in [1.807, 2.05) is 6.92 Å². The van der Waals surface area contributed by atoms with Crippen molar-refractivity contribution < 1.29 is 4.79 Å². The fraction of sp³-hybridized carbons (Fsp3) is 0.588. The molecule has 0 unspecified atom stereocenters. The summed E-state index contributed by atoms with van der Waals surface area (Å²) in [4.78, 5) is 12.3. The van der Waals surface area contributed by atoms with E-state index in [1.54, 1.807) is 0 Å². The molecule has 2 nitrogen and oxygen atoms in total. The molecule has 0 saturated carbocycles. The summed E-state index contributed by atoms with van der Waals surface area (Å²) < 4.78 is 0. The first-order valence-corrected chi connectivity index (χ1v) is 7.07. The van der Waals surface area contributed by atoms with E-state index in [2.05, 4.69) is 58.1 Å². The van der Waals surface area contributed by atoms with Crippen LogP contribution in [-0.4, -0.2) is 18.9 Å². The molecule has 1 rings (SSSR count). The summed E-state index contributed by atoms with van der Waals surface area (Å²) in [5.41, 5.74) is 3.20. The van der Waals surface area contributed by atoms with Crippen molar-refractivity contribution in [1.82, 2.24) is 5.32 Å². The van der Waals surface area contributed by atoms with Crippen LogP contribution in [-0.2, 0) is 5.41 Å². The molecule has 0 heterocycles. The number of hydrogen-bond acceptors (Lipinski definition) is 2. The zero-order valence-electron chi connectivity index (χ0n) is 13.1. The van der Waals surface area contributed by atoms with Gasteiger partial charge in [0.25, 0.3) is 0 Å². The lowest BCUT2D eigenvalue weighted by atomic mass is 9.85. The lowest BCUT2D eigenvalue weighted by molar-refractivity contribution is 0.0989. The van der Waals surface area contributed by atoms with E-state index in [4.69, 9.17) is 0 Å². The standard InChI is InChI=1S/C17H27NO/c1-12(2)10-18-11-16(19)15-9-14(17(4,5)6)8-7-13(15)3/h7-9,12,18H,10-11H2,1-6H3. The Morgan fingerprint density at radius 2 is 1.89 bits per heavy atom. The molecule has 0 aliphatic carbocycles. The summed E-state index contributed by atoms with van der Waals surface area (Å²) in [6, 6.07) is 6.22. The molecule has 1 N–H and O–H groups in total. The third-order valence-corrected chi connectivity index (χ3v) is 3.24. The number of rotatable bonds is 5. The van der Waals surface area contributed by atoms with Crippen LogP contribution < -0.4 is 5.32 Å². The number of hydrogen-bond donors (Lipinski definition) is 1. The summed E-state index contributed by atoms with van der Waals surface area (Å²) in [6.45, 7) is 14.1. The predicted octanol–water partition coefficient (Wildman–Crippen LogP) is 3.72. The van der Waals surface area contributed by atoms with Gasteiger partial charge in [-0.2, -0.15) is 0 Å². The van der Waals surface area contributed by atoms with E-state index in [0.717, 1.165) is 17.7 Å². The summed E-state index contributed by atoms with van der Waals surface area (Å²) in [7, 11) is 0. The molecule has 0 aliphatic heterocycles. The number of carbonyl (C=O) groups is 1. The van der Waals surface area contributed by atoms with E-state index >= 15 is 0 Å². The van der Waals surface area contributed by atoms with Crippen LogP contribution in [0.3, 0.4) is 0 Å². The molecule has 0 bridgehead atoms. The number of Topliss-reactive ketones (excluding diaryl/α,β-unsaturated/α-hetero) is 1. The second-order valence-corrected chi connectivity index (χ2v) is 6.73. The van der Waals surface area contributed by atoms with Crippen LogP contribution in [0.2, 0.25) is 0 Å². The second-order valence-electron chi connectivity index (χ2n) is 6.73. The Morgan fingerprint density at radius 1 is 1.26 bits per heavy atom. The monoisotopic (exact) mass is 261 g/mol. The molecule has 0 aromatic heterocycles. The minimum absolute atomic E-state index is 0.0775. The lowest BCUT2D eigenvalue weighted by Gasteiger charge is -2.20. The molecular weight excluding hydrogens is 234 g/mol. The van der Waals surface area contributed by atoms with Gasteiger partial charge in [-0.15, -0.1) is 0 Å². The first kappa shape index (κ1) is 15.9. The predicted molar refractivity (Wildman–Crippen MR) is 81.9 cm³/mol. The highest BCUT2D eigenvalue weighted by molar-refractivity contribution is 5.99. The Kier molecular flexibility index (Phi) is 5.30. The van der Waals surface area contributed by atoms with Crippen LogP contribution in [0.25, 0.3) is 0 Å². The Hall–Kier alpha value is -1.15. The Balaban J connectivity index is 2.84. The van der Waals surface area contributed by atoms with Crippen LogP contribution in [0.5, 0.6) is 0 Å². The fourth-order valence-electron chi connectivity index (χ4n) is 1.96. The van der Waals surface area contributed by atoms with Gasteiger partial charge in [0.05, 0.1) is 6.54 Å². The van der Waals surface area contributed by atoms with E-state index in [9.17, 15) is 4.79 Å². The highest BCUT2D eigenvalue weighted by atomic mass is 16.1. The highest BCUT2D eigenvalue weighted by Crippen LogP contribution is 2.24. The maximum absolute atomic E-state index is 12.3. The summed E-state index contributed by atoms with van der Waals surface area (Å²) in [5, 5.41) is 3.22. The average Bonchev–Trinajstić information content (AvgIpc) is 2.27. The Labute approximate surface area is 117 Å². The summed E-state index contributed by atoms with van der Waals surface area (Å²) in [6.07, 6.45) is 0. The molecule has 0 saturated heterocycles. The van der Waals surface area contributed by atoms with E-state index < -0.39 is 0 Å². The highest BCUT2D eigenvalue weighted by Gasteiger charge is 2.17. The van der Waals surface area contributed by atoms with Crippen molar-refractivity contribution in [1.29, 1.82) is 0 Å². The van der Waals surface area contributed by atoms with Crippen LogP contribution in [0.1, 0.15) is 56.1 Å². The third-order valence-electron chi connectivity index (χ3n) is 3.24. The first-order valence-electron chi connectivity index (χ1n) is 7.07. The average molecular weight is 261 g/mol. The minimum atomic E-state index is 0.0775. The molecule has 106 valence electrons. The zero-order chi connectivity index (χ0) is 14.6. The van der Waals surface area contributed by atoms with E-state index in [-0.39, 0.29) is 11.2 Å². The summed E-state index contributed by atoms with van der Waals surface area (Å²) >= 11 is 0. The first-order chi connectivity index (χ1) is 8.71. The molecule has 19 heavy (non-hydrogen) atoms. The zero-order valence-corrected chi connectivity index (χ0v) is 13.1. The van der Waals surface area contributed by atoms with Crippen molar-refractivity contribution in [3.63, 3.8) is 0 Å². The van der Waals surface area contributed by atoms with E-state index in [0.29, 0.717) is 12.5 Å². The van der Waals surface area contributed by atoms with E-state index in [1.165, 1.54) is 5.56 Å². The molecule has 0 aliphatic rings. The van der Waals surface area contributed by atoms with Gasteiger partial charge in [0, 0.05) is 5.56 Å². The van der Waals surface area contributed by atoms with Gasteiger partial charge in [-0.05, 0) is 42.0 Å². The fourth-order valence-corrected chi connectivity index (χ4v) is 1.96. The molecular formula is C17H27NO. The number of carbonyl (C=O) groups excluding carboxylic acids is 1. The van der Waals surface area contributed by atoms with Crippen LogP contribution in [0.15, 0.2) is 18.2 Å². The van der Waals surface area contributed by atoms with Crippen LogP contribution in [0.4, 0.5) is 0 Å². The van der Waals surface area contributed by atoms with Crippen molar-refractivity contribution >= 4 is 5.78 Å². The van der Waals surface area contributed by atoms with Gasteiger partial charge in [0.15, 0.2) is 5.78 Å². The topological polar surface area (TPSA) is 29.1 Å². The quantitative estimate of drug-likeness (QED) is 0.818. The molecule has 2 heteroatoms. The lowest BCUT2D eigenvalue weighted by Crippen LogP contribution is -2.27. The van der Waals surface area contributed by atoms with Gasteiger partial charge in [0.2, 0.25) is 0 Å². The summed E-state index contributed by atoms with van der Waals surface area (Å²) in [5.74, 6) is 0.749. The van der Waals surface area contributed by atoms with Gasteiger partial charge in [-0.25, -0.2) is 0 Å². The molecule has 0 amide bonds. The molecule has 0 fully saturated rings. The molecule has 0 spiro atoms. The Bertz CT molecular complexity index is 441. The largest absolute Gasteiger partial charge is 0.309 e. The molecule has 0 radical (unpaired) electrons. The molecule has 1 aromatic carbocycles. The third kappa shape index (κ3) is 4.79. The SMILES string of the molecule is Cc1ccc(C(C)(C)C)cc1C(=O)CNCC(C)C. The maximum Gasteiger partial charge on any atom is 0.176 e. The molecule has 1 aromatic rings. The number of benzene rings is 1. The Morgan fingerprint density at radius 3 is 2.42 bits per heavy atom. The van der Waals surface area contributed by atoms with Gasteiger partial charge in [-0.1, -0.05) is 46.8 Å². The second kappa shape index (κ2) is 6.33. The minimum Gasteiger partial charge on any atom is -0.309 e. The van der Waals surface area contributed by atoms with Gasteiger partial charge in [0.1, 0.15) is 0 Å². The number of nitrogens with one attached hydrogen (secondary N) is 1. The van der Waals surface area contributed by atoms with Crippen LogP contribution in [0, 0.1) is 12.8 Å². The van der Waals surface area contributed by atoms with Gasteiger partial charge < -0.3 is 5.32 Å². The van der Waals surface area contributed by atoms with Crippen molar-refractivity contribution in [2.24, 2.45) is 5.92 Å². The normalized spacial score (nSPS) is 11.9.